The van der Waals surface area contributed by atoms with E-state index in [1.165, 1.54) is 0 Å². The molecule has 0 saturated carbocycles. The summed E-state index contributed by atoms with van der Waals surface area (Å²) < 4.78 is 17.2. The van der Waals surface area contributed by atoms with Gasteiger partial charge in [0.2, 0.25) is 0 Å². The number of aryl methyl sites for hydroxylation is 1. The summed E-state index contributed by atoms with van der Waals surface area (Å²) >= 11 is 0. The van der Waals surface area contributed by atoms with Crippen LogP contribution in [0.4, 0.5) is 10.5 Å². The molecule has 0 aliphatic carbocycles. The number of imide groups is 1. The summed E-state index contributed by atoms with van der Waals surface area (Å²) in [4.78, 5) is 49.1. The number of rotatable bonds is 6. The van der Waals surface area contributed by atoms with Crippen LogP contribution in [-0.4, -0.2) is 53.3 Å². The van der Waals surface area contributed by atoms with E-state index in [0.717, 1.165) is 5.69 Å². The van der Waals surface area contributed by atoms with Crippen molar-refractivity contribution in [1.82, 2.24) is 15.1 Å². The first-order chi connectivity index (χ1) is 16.8. The van der Waals surface area contributed by atoms with Crippen molar-refractivity contribution in [2.45, 2.75) is 13.8 Å². The van der Waals surface area contributed by atoms with Gasteiger partial charge in [0.15, 0.2) is 18.1 Å². The first kappa shape index (κ1) is 23.5. The van der Waals surface area contributed by atoms with E-state index in [-0.39, 0.29) is 5.56 Å². The Morgan fingerprint density at radius 1 is 1.00 bits per heavy atom. The van der Waals surface area contributed by atoms with Crippen molar-refractivity contribution in [3.63, 3.8) is 0 Å². The number of ether oxygens (including phenoxy) is 3. The molecule has 0 bridgehead atoms. The first-order valence-corrected chi connectivity index (χ1v) is 10.7. The molecule has 0 unspecified atom stereocenters. The Balaban J connectivity index is 1.31. The zero-order chi connectivity index (χ0) is 24.9. The minimum Gasteiger partial charge on any atom is -0.486 e. The maximum atomic E-state index is 12.7. The highest BCUT2D eigenvalue weighted by Crippen LogP contribution is 2.32. The molecular formula is C24H22N4O7. The number of fused-ring (bicyclic) bond motifs is 1. The second-order valence-electron chi connectivity index (χ2n) is 7.56. The van der Waals surface area contributed by atoms with Crippen LogP contribution in [0.25, 0.3) is 5.69 Å². The van der Waals surface area contributed by atoms with E-state index in [2.05, 4.69) is 10.4 Å². The van der Waals surface area contributed by atoms with Crippen LogP contribution in [0.5, 0.6) is 11.5 Å². The summed E-state index contributed by atoms with van der Waals surface area (Å²) in [5, 5.41) is 8.82. The van der Waals surface area contributed by atoms with Crippen LogP contribution in [0, 0.1) is 13.8 Å². The quantitative estimate of drug-likeness (QED) is 0.313. The van der Waals surface area contributed by atoms with Crippen molar-refractivity contribution in [3.8, 4) is 17.2 Å². The molecule has 2 heterocycles. The highest BCUT2D eigenvalue weighted by atomic mass is 16.6. The third kappa shape index (κ3) is 5.29. The molecule has 2 N–H and O–H groups in total. The van der Waals surface area contributed by atoms with Crippen molar-refractivity contribution in [1.29, 1.82) is 0 Å². The number of nitrogens with zero attached hydrogens (tertiary/aromatic N) is 2. The lowest BCUT2D eigenvalue weighted by Gasteiger charge is -2.19. The number of esters is 1. The van der Waals surface area contributed by atoms with E-state index >= 15 is 0 Å². The Morgan fingerprint density at radius 3 is 2.46 bits per heavy atom. The summed E-state index contributed by atoms with van der Waals surface area (Å²) in [7, 11) is 0. The van der Waals surface area contributed by atoms with Crippen molar-refractivity contribution in [2.24, 2.45) is 0 Å². The highest BCUT2D eigenvalue weighted by molar-refractivity contribution is 6.41. The van der Waals surface area contributed by atoms with Gasteiger partial charge in [-0.1, -0.05) is 18.2 Å². The number of urea groups is 1. The Labute approximate surface area is 200 Å². The molecule has 0 atom stereocenters. The van der Waals surface area contributed by atoms with Gasteiger partial charge in [0.05, 0.1) is 22.6 Å². The Morgan fingerprint density at radius 2 is 1.71 bits per heavy atom. The Kier molecular flexibility index (Phi) is 6.76. The SMILES string of the molecule is Cc1nn(-c2ccccc2)c(C)c1C(=O)C(=O)OCC(=O)NC(=O)Nc1ccc2c(c1)OCCO2. The van der Waals surface area contributed by atoms with Gasteiger partial charge in [0, 0.05) is 11.8 Å². The molecule has 0 spiro atoms. The van der Waals surface area contributed by atoms with Gasteiger partial charge in [-0.25, -0.2) is 14.3 Å². The van der Waals surface area contributed by atoms with Crippen LogP contribution in [0.2, 0.25) is 0 Å². The number of amides is 3. The zero-order valence-corrected chi connectivity index (χ0v) is 19.0. The number of aromatic nitrogens is 2. The van der Waals surface area contributed by atoms with Gasteiger partial charge in [-0.3, -0.25) is 14.9 Å². The number of para-hydroxylation sites is 1. The number of nitrogens with one attached hydrogen (secondary N) is 2. The third-order valence-electron chi connectivity index (χ3n) is 5.09. The molecule has 3 amide bonds. The normalized spacial score (nSPS) is 11.9. The Hall–Kier alpha value is -4.67. The fourth-order valence-electron chi connectivity index (χ4n) is 3.54. The fraction of sp³-hybridized carbons (Fsp3) is 0.208. The molecule has 4 rings (SSSR count). The van der Waals surface area contributed by atoms with Gasteiger partial charge in [0.1, 0.15) is 13.2 Å². The summed E-state index contributed by atoms with van der Waals surface area (Å²) in [5.74, 6) is -2.06. The van der Waals surface area contributed by atoms with Crippen LogP contribution in [-0.2, 0) is 14.3 Å². The summed E-state index contributed by atoms with van der Waals surface area (Å²) in [5.41, 5.74) is 1.99. The number of carbonyl (C=O) groups is 4. The average Bonchev–Trinajstić information content (AvgIpc) is 3.16. The molecule has 11 nitrogen and oxygen atoms in total. The monoisotopic (exact) mass is 478 g/mol. The molecule has 180 valence electrons. The number of anilines is 1. The van der Waals surface area contributed by atoms with Gasteiger partial charge in [-0.05, 0) is 38.1 Å². The number of hydrogen-bond acceptors (Lipinski definition) is 8. The lowest BCUT2D eigenvalue weighted by atomic mass is 10.1. The van der Waals surface area contributed by atoms with E-state index in [1.54, 1.807) is 36.7 Å². The number of carbonyl (C=O) groups excluding carboxylic acids is 4. The van der Waals surface area contributed by atoms with E-state index in [4.69, 9.17) is 14.2 Å². The van der Waals surface area contributed by atoms with E-state index in [0.29, 0.717) is 41.8 Å². The van der Waals surface area contributed by atoms with Crippen molar-refractivity contribution in [3.05, 3.63) is 65.5 Å². The van der Waals surface area contributed by atoms with Gasteiger partial charge in [-0.2, -0.15) is 5.10 Å². The minimum absolute atomic E-state index is 0.0932. The van der Waals surface area contributed by atoms with Crippen molar-refractivity contribution < 1.29 is 33.4 Å². The molecule has 0 radical (unpaired) electrons. The molecular weight excluding hydrogens is 456 g/mol. The standard InChI is InChI=1S/C24H22N4O7/c1-14-21(15(2)28(27-14)17-6-4-3-5-7-17)22(30)23(31)35-13-20(29)26-24(32)25-16-8-9-18-19(12-16)34-11-10-33-18/h3-9,12H,10-11,13H2,1-2H3,(H2,25,26,29,32). The van der Waals surface area contributed by atoms with Crippen LogP contribution in [0.3, 0.4) is 0 Å². The predicted molar refractivity (Wildman–Crippen MR) is 123 cm³/mol. The molecule has 0 fully saturated rings. The molecule has 11 heteroatoms. The number of Topliss-reactive ketones (excluding diaryl/α,β-unsaturated/α-hetero) is 1. The molecule has 3 aromatic rings. The summed E-state index contributed by atoms with van der Waals surface area (Å²) in [6.07, 6.45) is 0. The van der Waals surface area contributed by atoms with Crippen molar-refractivity contribution in [2.75, 3.05) is 25.1 Å². The maximum Gasteiger partial charge on any atom is 0.380 e. The third-order valence-corrected chi connectivity index (χ3v) is 5.09. The van der Waals surface area contributed by atoms with Gasteiger partial charge >= 0.3 is 12.0 Å². The van der Waals surface area contributed by atoms with Crippen molar-refractivity contribution >= 4 is 29.4 Å². The van der Waals surface area contributed by atoms with E-state index in [9.17, 15) is 19.2 Å². The number of ketones is 1. The van der Waals surface area contributed by atoms with Crippen LogP contribution < -0.4 is 20.1 Å². The number of hydrogen-bond donors (Lipinski definition) is 2. The molecule has 35 heavy (non-hydrogen) atoms. The summed E-state index contributed by atoms with van der Waals surface area (Å²) in [6, 6.07) is 13.0. The van der Waals surface area contributed by atoms with Gasteiger partial charge < -0.3 is 19.5 Å². The lowest BCUT2D eigenvalue weighted by Crippen LogP contribution is -2.37. The highest BCUT2D eigenvalue weighted by Gasteiger charge is 2.27. The minimum atomic E-state index is -1.23. The van der Waals surface area contributed by atoms with Gasteiger partial charge in [-0.15, -0.1) is 0 Å². The topological polar surface area (TPSA) is 138 Å². The Bertz CT molecular complexity index is 1300. The fourth-order valence-corrected chi connectivity index (χ4v) is 3.54. The zero-order valence-electron chi connectivity index (χ0n) is 19.0. The van der Waals surface area contributed by atoms with E-state index in [1.807, 2.05) is 35.6 Å². The lowest BCUT2D eigenvalue weighted by molar-refractivity contribution is -0.143. The second-order valence-corrected chi connectivity index (χ2v) is 7.56. The smallest absolute Gasteiger partial charge is 0.380 e. The average molecular weight is 478 g/mol. The molecule has 1 aliphatic heterocycles. The van der Waals surface area contributed by atoms with Crippen LogP contribution in [0.1, 0.15) is 21.7 Å². The van der Waals surface area contributed by atoms with Crippen LogP contribution >= 0.6 is 0 Å². The number of benzene rings is 2. The maximum absolute atomic E-state index is 12.7. The predicted octanol–water partition coefficient (Wildman–Crippen LogP) is 2.33. The molecule has 2 aromatic carbocycles. The molecule has 0 saturated heterocycles. The van der Waals surface area contributed by atoms with Crippen LogP contribution in [0.15, 0.2) is 48.5 Å². The van der Waals surface area contributed by atoms with E-state index < -0.39 is 30.3 Å². The van der Waals surface area contributed by atoms with Gasteiger partial charge in [0.25, 0.3) is 11.7 Å². The molecule has 1 aliphatic rings. The largest absolute Gasteiger partial charge is 0.486 e. The molecule has 1 aromatic heterocycles. The first-order valence-electron chi connectivity index (χ1n) is 10.7. The summed E-state index contributed by atoms with van der Waals surface area (Å²) in [6.45, 7) is 3.26. The second kappa shape index (κ2) is 10.1.